The van der Waals surface area contributed by atoms with Gasteiger partial charge < -0.3 is 5.73 Å². The van der Waals surface area contributed by atoms with Gasteiger partial charge in [-0.1, -0.05) is 41.4 Å². The van der Waals surface area contributed by atoms with E-state index in [1.165, 1.54) is 11.1 Å². The normalized spacial score (nSPS) is 12.4. The van der Waals surface area contributed by atoms with E-state index in [0.29, 0.717) is 17.5 Å². The van der Waals surface area contributed by atoms with Crippen molar-refractivity contribution in [2.45, 2.75) is 19.3 Å². The Morgan fingerprint density at radius 1 is 1.22 bits per heavy atom. The molecule has 1 aromatic carbocycles. The molecule has 0 aliphatic rings. The van der Waals surface area contributed by atoms with Crippen molar-refractivity contribution >= 4 is 11.6 Å². The Hall–Kier alpha value is -1.38. The van der Waals surface area contributed by atoms with Crippen molar-refractivity contribution in [1.82, 2.24) is 4.98 Å². The summed E-state index contributed by atoms with van der Waals surface area (Å²) >= 11 is 6.13. The van der Waals surface area contributed by atoms with Crippen LogP contribution in [0.25, 0.3) is 0 Å². The minimum atomic E-state index is 0.297. The fourth-order valence-corrected chi connectivity index (χ4v) is 2.21. The van der Waals surface area contributed by atoms with Crippen LogP contribution in [0.5, 0.6) is 0 Å². The van der Waals surface area contributed by atoms with E-state index >= 15 is 0 Å². The third kappa shape index (κ3) is 3.09. The van der Waals surface area contributed by atoms with E-state index in [0.717, 1.165) is 12.0 Å². The smallest absolute Gasteiger partial charge is 0.0621 e. The van der Waals surface area contributed by atoms with Gasteiger partial charge in [0, 0.05) is 18.3 Å². The summed E-state index contributed by atoms with van der Waals surface area (Å²) in [7, 11) is 0. The van der Waals surface area contributed by atoms with Gasteiger partial charge >= 0.3 is 0 Å². The zero-order chi connectivity index (χ0) is 13.0. The SMILES string of the molecule is Cc1ccc(C(CN)Cc2ccncc2Cl)cc1. The molecule has 0 radical (unpaired) electrons. The van der Waals surface area contributed by atoms with Crippen molar-refractivity contribution < 1.29 is 0 Å². The van der Waals surface area contributed by atoms with Gasteiger partial charge in [0.05, 0.1) is 5.02 Å². The van der Waals surface area contributed by atoms with E-state index in [9.17, 15) is 0 Å². The van der Waals surface area contributed by atoms with Crippen molar-refractivity contribution in [2.75, 3.05) is 6.54 Å². The minimum absolute atomic E-state index is 0.297. The predicted molar refractivity (Wildman–Crippen MR) is 75.9 cm³/mol. The van der Waals surface area contributed by atoms with Crippen molar-refractivity contribution in [2.24, 2.45) is 5.73 Å². The molecule has 94 valence electrons. The Balaban J connectivity index is 2.20. The van der Waals surface area contributed by atoms with Gasteiger partial charge in [0.25, 0.3) is 0 Å². The molecule has 1 aromatic heterocycles. The van der Waals surface area contributed by atoms with Crippen molar-refractivity contribution in [3.05, 3.63) is 64.4 Å². The zero-order valence-corrected chi connectivity index (χ0v) is 11.2. The number of halogens is 1. The van der Waals surface area contributed by atoms with E-state index < -0.39 is 0 Å². The lowest BCUT2D eigenvalue weighted by Gasteiger charge is -2.16. The third-order valence-corrected chi connectivity index (χ3v) is 3.50. The average molecular weight is 261 g/mol. The summed E-state index contributed by atoms with van der Waals surface area (Å²) in [4.78, 5) is 4.00. The first-order chi connectivity index (χ1) is 8.70. The Bertz CT molecular complexity index is 508. The molecule has 2 rings (SSSR count). The van der Waals surface area contributed by atoms with Crippen LogP contribution in [0, 0.1) is 6.92 Å². The molecule has 1 atom stereocenters. The van der Waals surface area contributed by atoms with Crippen LogP contribution in [0.2, 0.25) is 5.02 Å². The number of benzene rings is 1. The van der Waals surface area contributed by atoms with Gasteiger partial charge in [0.2, 0.25) is 0 Å². The Morgan fingerprint density at radius 2 is 1.94 bits per heavy atom. The van der Waals surface area contributed by atoms with Crippen molar-refractivity contribution in [3.63, 3.8) is 0 Å². The molecule has 2 N–H and O–H groups in total. The lowest BCUT2D eigenvalue weighted by Crippen LogP contribution is -2.15. The van der Waals surface area contributed by atoms with Crippen LogP contribution in [0.4, 0.5) is 0 Å². The first-order valence-electron chi connectivity index (χ1n) is 6.05. The predicted octanol–water partition coefficient (Wildman–Crippen LogP) is 3.33. The summed E-state index contributed by atoms with van der Waals surface area (Å²) in [6.07, 6.45) is 4.30. The van der Waals surface area contributed by atoms with E-state index in [1.54, 1.807) is 12.4 Å². The Labute approximate surface area is 113 Å². The van der Waals surface area contributed by atoms with Crippen LogP contribution in [0.3, 0.4) is 0 Å². The van der Waals surface area contributed by atoms with Gasteiger partial charge in [-0.2, -0.15) is 0 Å². The van der Waals surface area contributed by atoms with E-state index in [1.807, 2.05) is 6.07 Å². The summed E-state index contributed by atoms with van der Waals surface area (Å²) in [5, 5.41) is 0.711. The lowest BCUT2D eigenvalue weighted by molar-refractivity contribution is 0.693. The van der Waals surface area contributed by atoms with E-state index in [-0.39, 0.29) is 0 Å². The molecule has 0 aliphatic carbocycles. The monoisotopic (exact) mass is 260 g/mol. The molecule has 0 aliphatic heterocycles. The largest absolute Gasteiger partial charge is 0.330 e. The number of aromatic nitrogens is 1. The number of hydrogen-bond donors (Lipinski definition) is 1. The molecule has 3 heteroatoms. The summed E-state index contributed by atoms with van der Waals surface area (Å²) < 4.78 is 0. The highest BCUT2D eigenvalue weighted by Gasteiger charge is 2.12. The van der Waals surface area contributed by atoms with E-state index in [2.05, 4.69) is 36.2 Å². The number of aryl methyl sites for hydroxylation is 1. The molecule has 0 saturated heterocycles. The molecule has 2 nitrogen and oxygen atoms in total. The van der Waals surface area contributed by atoms with Gasteiger partial charge in [-0.05, 0) is 37.1 Å². The fraction of sp³-hybridized carbons (Fsp3) is 0.267. The Morgan fingerprint density at radius 3 is 2.56 bits per heavy atom. The molecule has 0 amide bonds. The fourth-order valence-electron chi connectivity index (χ4n) is 2.01. The molecule has 0 spiro atoms. The molecule has 1 heterocycles. The van der Waals surface area contributed by atoms with Gasteiger partial charge in [0.15, 0.2) is 0 Å². The summed E-state index contributed by atoms with van der Waals surface area (Å²) in [6.45, 7) is 2.70. The molecule has 1 unspecified atom stereocenters. The highest BCUT2D eigenvalue weighted by atomic mass is 35.5. The second-order valence-corrected chi connectivity index (χ2v) is 4.92. The maximum atomic E-state index is 6.13. The molecule has 0 saturated carbocycles. The quantitative estimate of drug-likeness (QED) is 0.916. The second-order valence-electron chi connectivity index (χ2n) is 4.51. The third-order valence-electron chi connectivity index (χ3n) is 3.16. The molecule has 18 heavy (non-hydrogen) atoms. The number of rotatable bonds is 4. The maximum absolute atomic E-state index is 6.13. The van der Waals surface area contributed by atoms with Crippen molar-refractivity contribution in [1.29, 1.82) is 0 Å². The molecule has 0 fully saturated rings. The van der Waals surface area contributed by atoms with Gasteiger partial charge in [-0.3, -0.25) is 4.98 Å². The van der Waals surface area contributed by atoms with Crippen molar-refractivity contribution in [3.8, 4) is 0 Å². The van der Waals surface area contributed by atoms with Gasteiger partial charge in [-0.15, -0.1) is 0 Å². The summed E-state index contributed by atoms with van der Waals surface area (Å²) in [6, 6.07) is 10.5. The van der Waals surface area contributed by atoms with Gasteiger partial charge in [-0.25, -0.2) is 0 Å². The Kier molecular flexibility index (Phi) is 4.34. The summed E-state index contributed by atoms with van der Waals surface area (Å²) in [5.41, 5.74) is 9.50. The number of nitrogens with two attached hydrogens (primary N) is 1. The van der Waals surface area contributed by atoms with Crippen LogP contribution in [-0.2, 0) is 6.42 Å². The lowest BCUT2D eigenvalue weighted by atomic mass is 9.92. The van der Waals surface area contributed by atoms with Gasteiger partial charge in [0.1, 0.15) is 0 Å². The van der Waals surface area contributed by atoms with Crippen LogP contribution in [0.1, 0.15) is 22.6 Å². The van der Waals surface area contributed by atoms with Crippen LogP contribution >= 0.6 is 11.6 Å². The van der Waals surface area contributed by atoms with Crippen LogP contribution < -0.4 is 5.73 Å². The second kappa shape index (κ2) is 5.98. The topological polar surface area (TPSA) is 38.9 Å². The molecule has 0 bridgehead atoms. The number of pyridine rings is 1. The molecule has 2 aromatic rings. The average Bonchev–Trinajstić information content (AvgIpc) is 2.39. The first kappa shape index (κ1) is 13.1. The number of nitrogens with zero attached hydrogens (tertiary/aromatic N) is 1. The highest BCUT2D eigenvalue weighted by Crippen LogP contribution is 2.24. The van der Waals surface area contributed by atoms with Crippen LogP contribution in [-0.4, -0.2) is 11.5 Å². The highest BCUT2D eigenvalue weighted by molar-refractivity contribution is 6.31. The number of hydrogen-bond acceptors (Lipinski definition) is 2. The molecular weight excluding hydrogens is 244 g/mol. The zero-order valence-electron chi connectivity index (χ0n) is 10.4. The summed E-state index contributed by atoms with van der Waals surface area (Å²) in [5.74, 6) is 0.297. The standard InChI is InChI=1S/C15H17ClN2/c1-11-2-4-12(5-3-11)14(9-17)8-13-6-7-18-10-15(13)16/h2-7,10,14H,8-9,17H2,1H3. The van der Waals surface area contributed by atoms with Crippen LogP contribution in [0.15, 0.2) is 42.7 Å². The van der Waals surface area contributed by atoms with E-state index in [4.69, 9.17) is 17.3 Å². The molecular formula is C15H17ClN2. The first-order valence-corrected chi connectivity index (χ1v) is 6.43. The maximum Gasteiger partial charge on any atom is 0.0621 e. The minimum Gasteiger partial charge on any atom is -0.330 e.